The second-order valence-electron chi connectivity index (χ2n) is 6.73. The van der Waals surface area contributed by atoms with Crippen molar-refractivity contribution in [1.29, 1.82) is 0 Å². The van der Waals surface area contributed by atoms with Crippen LogP contribution in [0.15, 0.2) is 30.3 Å². The highest BCUT2D eigenvalue weighted by Gasteiger charge is 2.39. The minimum atomic E-state index is -0.221. The molecule has 1 aromatic carbocycles. The lowest BCUT2D eigenvalue weighted by Gasteiger charge is -2.44. The number of hydrogen-bond donors (Lipinski definition) is 0. The smallest absolute Gasteiger partial charge is 0.254 e. The van der Waals surface area contributed by atoms with E-state index in [1.807, 2.05) is 42.2 Å². The molecule has 126 valence electrons. The fraction of sp³-hybridized carbons (Fsp3) is 0.474. The van der Waals surface area contributed by atoms with Crippen LogP contribution in [-0.4, -0.2) is 54.3 Å². The molecule has 1 spiro atoms. The molecule has 0 bridgehead atoms. The van der Waals surface area contributed by atoms with E-state index in [0.29, 0.717) is 32.9 Å². The number of nitrogens with zero attached hydrogens (tertiary/aromatic N) is 2. The van der Waals surface area contributed by atoms with Crippen LogP contribution in [0.3, 0.4) is 0 Å². The Kier molecular flexibility index (Phi) is 3.98. The first-order chi connectivity index (χ1) is 11.7. The predicted molar refractivity (Wildman–Crippen MR) is 91.1 cm³/mol. The summed E-state index contributed by atoms with van der Waals surface area (Å²) in [5.41, 5.74) is 2.41. The second kappa shape index (κ2) is 6.15. The van der Waals surface area contributed by atoms with Crippen molar-refractivity contribution in [3.05, 3.63) is 41.6 Å². The van der Waals surface area contributed by atoms with Crippen molar-refractivity contribution >= 4 is 16.8 Å². The molecule has 4 rings (SSSR count). The zero-order chi connectivity index (χ0) is 16.6. The SMILES string of the molecule is Cc1ccc2cc(C(=O)N3CCOC4(CCOCC4)C3)ccc2n1. The van der Waals surface area contributed by atoms with Crippen LogP contribution < -0.4 is 0 Å². The molecule has 0 radical (unpaired) electrons. The van der Waals surface area contributed by atoms with Crippen LogP contribution in [0.2, 0.25) is 0 Å². The molecule has 2 aliphatic rings. The number of fused-ring (bicyclic) bond motifs is 1. The molecule has 2 aliphatic heterocycles. The lowest BCUT2D eigenvalue weighted by molar-refractivity contribution is -0.146. The maximum atomic E-state index is 13.0. The van der Waals surface area contributed by atoms with Crippen LogP contribution >= 0.6 is 0 Å². The highest BCUT2D eigenvalue weighted by atomic mass is 16.5. The molecule has 0 saturated carbocycles. The molecule has 0 unspecified atom stereocenters. The molecule has 5 heteroatoms. The number of carbonyl (C=O) groups excluding carboxylic acids is 1. The van der Waals surface area contributed by atoms with E-state index in [0.717, 1.165) is 35.0 Å². The molecule has 5 nitrogen and oxygen atoms in total. The fourth-order valence-electron chi connectivity index (χ4n) is 3.61. The summed E-state index contributed by atoms with van der Waals surface area (Å²) in [4.78, 5) is 19.4. The van der Waals surface area contributed by atoms with Crippen LogP contribution in [0, 0.1) is 6.92 Å². The Morgan fingerprint density at radius 2 is 2.00 bits per heavy atom. The average Bonchev–Trinajstić information content (AvgIpc) is 2.61. The first-order valence-electron chi connectivity index (χ1n) is 8.54. The van der Waals surface area contributed by atoms with E-state index in [9.17, 15) is 4.79 Å². The number of hydrogen-bond acceptors (Lipinski definition) is 4. The monoisotopic (exact) mass is 326 g/mol. The number of morpholine rings is 1. The molecular formula is C19H22N2O3. The van der Waals surface area contributed by atoms with Crippen molar-refractivity contribution in [2.24, 2.45) is 0 Å². The Balaban J connectivity index is 1.57. The molecule has 2 aromatic rings. The minimum absolute atomic E-state index is 0.0756. The molecular weight excluding hydrogens is 304 g/mol. The summed E-state index contributed by atoms with van der Waals surface area (Å²) in [6.07, 6.45) is 1.72. The van der Waals surface area contributed by atoms with Crippen molar-refractivity contribution in [2.45, 2.75) is 25.4 Å². The van der Waals surface area contributed by atoms with Gasteiger partial charge in [0, 0.05) is 49.2 Å². The normalized spacial score (nSPS) is 20.5. The highest BCUT2D eigenvalue weighted by molar-refractivity contribution is 5.98. The zero-order valence-corrected chi connectivity index (χ0v) is 14.0. The van der Waals surface area contributed by atoms with E-state index < -0.39 is 0 Å². The highest BCUT2D eigenvalue weighted by Crippen LogP contribution is 2.30. The first-order valence-corrected chi connectivity index (χ1v) is 8.54. The summed E-state index contributed by atoms with van der Waals surface area (Å²) >= 11 is 0. The summed E-state index contributed by atoms with van der Waals surface area (Å²) in [5.74, 6) is 0.0756. The van der Waals surface area contributed by atoms with E-state index in [1.165, 1.54) is 0 Å². The number of ether oxygens (including phenoxy) is 2. The van der Waals surface area contributed by atoms with Crippen LogP contribution in [0.1, 0.15) is 28.9 Å². The van der Waals surface area contributed by atoms with Gasteiger partial charge >= 0.3 is 0 Å². The molecule has 0 N–H and O–H groups in total. The Hall–Kier alpha value is -1.98. The Morgan fingerprint density at radius 1 is 1.17 bits per heavy atom. The van der Waals surface area contributed by atoms with Gasteiger partial charge in [-0.25, -0.2) is 0 Å². The van der Waals surface area contributed by atoms with E-state index in [-0.39, 0.29) is 11.5 Å². The van der Waals surface area contributed by atoms with Gasteiger partial charge < -0.3 is 14.4 Å². The number of amides is 1. The molecule has 0 atom stereocenters. The number of aromatic nitrogens is 1. The standard InChI is InChI=1S/C19H22N2O3/c1-14-2-3-15-12-16(4-5-17(15)20-14)18(22)21-8-11-24-19(13-21)6-9-23-10-7-19/h2-5,12H,6-11,13H2,1H3. The van der Waals surface area contributed by atoms with Crippen molar-refractivity contribution in [1.82, 2.24) is 9.88 Å². The van der Waals surface area contributed by atoms with Gasteiger partial charge in [-0.05, 0) is 31.2 Å². The number of carbonyl (C=O) groups is 1. The zero-order valence-electron chi connectivity index (χ0n) is 14.0. The van der Waals surface area contributed by atoms with Crippen molar-refractivity contribution in [2.75, 3.05) is 32.9 Å². The van der Waals surface area contributed by atoms with Crippen LogP contribution in [-0.2, 0) is 9.47 Å². The van der Waals surface area contributed by atoms with E-state index in [2.05, 4.69) is 4.98 Å². The summed E-state index contributed by atoms with van der Waals surface area (Å²) in [6, 6.07) is 9.75. The van der Waals surface area contributed by atoms with Gasteiger partial charge in [-0.1, -0.05) is 6.07 Å². The van der Waals surface area contributed by atoms with Gasteiger partial charge in [0.1, 0.15) is 0 Å². The summed E-state index contributed by atoms with van der Waals surface area (Å²) in [7, 11) is 0. The topological polar surface area (TPSA) is 51.7 Å². The number of pyridine rings is 1. The predicted octanol–water partition coefficient (Wildman–Crippen LogP) is 2.56. The molecule has 1 aromatic heterocycles. The summed E-state index contributed by atoms with van der Waals surface area (Å²) < 4.78 is 11.5. The number of rotatable bonds is 1. The largest absolute Gasteiger partial charge is 0.381 e. The lowest BCUT2D eigenvalue weighted by Crippen LogP contribution is -2.55. The second-order valence-corrected chi connectivity index (χ2v) is 6.73. The molecule has 2 fully saturated rings. The number of aryl methyl sites for hydroxylation is 1. The first kappa shape index (κ1) is 15.5. The van der Waals surface area contributed by atoms with Crippen LogP contribution in [0.4, 0.5) is 0 Å². The fourth-order valence-corrected chi connectivity index (χ4v) is 3.61. The third-order valence-electron chi connectivity index (χ3n) is 5.02. The average molecular weight is 326 g/mol. The lowest BCUT2D eigenvalue weighted by atomic mass is 9.92. The van der Waals surface area contributed by atoms with Gasteiger partial charge in [0.2, 0.25) is 0 Å². The van der Waals surface area contributed by atoms with Crippen molar-refractivity contribution in [3.63, 3.8) is 0 Å². The summed E-state index contributed by atoms with van der Waals surface area (Å²) in [6.45, 7) is 5.29. The molecule has 2 saturated heterocycles. The van der Waals surface area contributed by atoms with Crippen molar-refractivity contribution < 1.29 is 14.3 Å². The van der Waals surface area contributed by atoms with Gasteiger partial charge in [0.15, 0.2) is 0 Å². The maximum absolute atomic E-state index is 13.0. The van der Waals surface area contributed by atoms with Gasteiger partial charge in [-0.3, -0.25) is 9.78 Å². The quantitative estimate of drug-likeness (QED) is 0.808. The van der Waals surface area contributed by atoms with Gasteiger partial charge in [-0.15, -0.1) is 0 Å². The van der Waals surface area contributed by atoms with Crippen LogP contribution in [0.5, 0.6) is 0 Å². The van der Waals surface area contributed by atoms with Gasteiger partial charge in [0.05, 0.1) is 24.3 Å². The Bertz CT molecular complexity index is 763. The minimum Gasteiger partial charge on any atom is -0.381 e. The third-order valence-corrected chi connectivity index (χ3v) is 5.02. The molecule has 24 heavy (non-hydrogen) atoms. The third kappa shape index (κ3) is 2.89. The van der Waals surface area contributed by atoms with E-state index in [1.54, 1.807) is 0 Å². The molecule has 1 amide bonds. The van der Waals surface area contributed by atoms with Crippen molar-refractivity contribution in [3.8, 4) is 0 Å². The Morgan fingerprint density at radius 3 is 2.83 bits per heavy atom. The Labute approximate surface area is 141 Å². The van der Waals surface area contributed by atoms with Gasteiger partial charge in [0.25, 0.3) is 5.91 Å². The molecule has 0 aliphatic carbocycles. The van der Waals surface area contributed by atoms with E-state index in [4.69, 9.17) is 9.47 Å². The van der Waals surface area contributed by atoms with E-state index >= 15 is 0 Å². The van der Waals surface area contributed by atoms with Gasteiger partial charge in [-0.2, -0.15) is 0 Å². The summed E-state index contributed by atoms with van der Waals surface area (Å²) in [5, 5.41) is 1.00. The number of benzene rings is 1. The van der Waals surface area contributed by atoms with Crippen LogP contribution in [0.25, 0.3) is 10.9 Å². The molecule has 3 heterocycles. The maximum Gasteiger partial charge on any atom is 0.254 e.